The molecule has 0 spiro atoms. The Morgan fingerprint density at radius 2 is 1.80 bits per heavy atom. The van der Waals surface area contributed by atoms with Crippen LogP contribution in [0.3, 0.4) is 0 Å². The molecule has 1 aromatic rings. The van der Waals surface area contributed by atoms with Crippen LogP contribution in [0.1, 0.15) is 53.3 Å². The van der Waals surface area contributed by atoms with Gasteiger partial charge in [0, 0.05) is 5.41 Å². The van der Waals surface area contributed by atoms with E-state index in [0.717, 1.165) is 12.4 Å². The van der Waals surface area contributed by atoms with Crippen molar-refractivity contribution < 1.29 is 4.52 Å². The Hall–Kier alpha value is -0.900. The van der Waals surface area contributed by atoms with Crippen molar-refractivity contribution in [1.29, 1.82) is 0 Å². The number of aromatic nitrogens is 2. The lowest BCUT2D eigenvalue weighted by molar-refractivity contribution is 0.269. The van der Waals surface area contributed by atoms with Gasteiger partial charge in [-0.2, -0.15) is 4.98 Å². The van der Waals surface area contributed by atoms with Crippen molar-refractivity contribution in [2.45, 2.75) is 52.5 Å². The summed E-state index contributed by atoms with van der Waals surface area (Å²) in [5.41, 5.74) is -0.324. The lowest BCUT2D eigenvalue weighted by Gasteiger charge is -2.20. The number of hydrogen-bond donors (Lipinski definition) is 1. The first kappa shape index (κ1) is 12.2. The predicted octanol–water partition coefficient (Wildman–Crippen LogP) is 2.21. The smallest absolute Gasteiger partial charge is 0.246 e. The largest absolute Gasteiger partial charge is 0.337 e. The van der Waals surface area contributed by atoms with Crippen molar-refractivity contribution >= 4 is 0 Å². The summed E-state index contributed by atoms with van der Waals surface area (Å²) in [5, 5.41) is 7.32. The van der Waals surface area contributed by atoms with Gasteiger partial charge >= 0.3 is 0 Å². The molecule has 0 aromatic carbocycles. The molecule has 0 radical (unpaired) electrons. The van der Waals surface area contributed by atoms with Gasteiger partial charge in [0.1, 0.15) is 0 Å². The van der Waals surface area contributed by atoms with Gasteiger partial charge in [-0.3, -0.25) is 0 Å². The fourth-order valence-corrected chi connectivity index (χ4v) is 1.30. The van der Waals surface area contributed by atoms with Crippen molar-refractivity contribution in [1.82, 2.24) is 15.5 Å². The molecule has 0 atom stereocenters. The maximum absolute atomic E-state index is 5.28. The standard InChI is InChI=1S/C11H21N3O/c1-7-12-11(5,6)9-13-8(14-15-9)10(2,3)4/h12H,7H2,1-6H3. The van der Waals surface area contributed by atoms with E-state index in [0.29, 0.717) is 5.89 Å². The molecule has 0 aliphatic heterocycles. The molecule has 1 heterocycles. The second-order valence-corrected chi connectivity index (χ2v) is 5.33. The summed E-state index contributed by atoms with van der Waals surface area (Å²) in [5.74, 6) is 1.40. The molecule has 0 aliphatic rings. The van der Waals surface area contributed by atoms with E-state index in [-0.39, 0.29) is 11.0 Å². The highest BCUT2D eigenvalue weighted by atomic mass is 16.5. The Bertz CT molecular complexity index is 323. The molecule has 0 aliphatic carbocycles. The van der Waals surface area contributed by atoms with Gasteiger partial charge in [0.2, 0.25) is 5.89 Å². The Labute approximate surface area is 91.5 Å². The Morgan fingerprint density at radius 1 is 1.20 bits per heavy atom. The molecule has 0 bridgehead atoms. The van der Waals surface area contributed by atoms with Gasteiger partial charge in [-0.15, -0.1) is 0 Å². The van der Waals surface area contributed by atoms with Crippen molar-refractivity contribution in [3.8, 4) is 0 Å². The van der Waals surface area contributed by atoms with Crippen LogP contribution in [0.2, 0.25) is 0 Å². The quantitative estimate of drug-likeness (QED) is 0.832. The van der Waals surface area contributed by atoms with Gasteiger partial charge < -0.3 is 9.84 Å². The third kappa shape index (κ3) is 2.78. The minimum Gasteiger partial charge on any atom is -0.337 e. The molecule has 86 valence electrons. The monoisotopic (exact) mass is 211 g/mol. The Morgan fingerprint density at radius 3 is 2.20 bits per heavy atom. The summed E-state index contributed by atoms with van der Waals surface area (Å²) in [4.78, 5) is 4.43. The first-order valence-electron chi connectivity index (χ1n) is 5.37. The lowest BCUT2D eigenvalue weighted by Crippen LogP contribution is -2.36. The zero-order valence-electron chi connectivity index (χ0n) is 10.5. The second kappa shape index (κ2) is 3.93. The van der Waals surface area contributed by atoms with Gasteiger partial charge in [-0.05, 0) is 20.4 Å². The fourth-order valence-electron chi connectivity index (χ4n) is 1.30. The normalized spacial score (nSPS) is 13.2. The van der Waals surface area contributed by atoms with Crippen molar-refractivity contribution in [3.05, 3.63) is 11.7 Å². The summed E-state index contributed by atoms with van der Waals surface area (Å²) < 4.78 is 5.28. The topological polar surface area (TPSA) is 51.0 Å². The molecule has 0 unspecified atom stereocenters. The summed E-state index contributed by atoms with van der Waals surface area (Å²) >= 11 is 0. The van der Waals surface area contributed by atoms with Gasteiger partial charge in [0.05, 0.1) is 5.54 Å². The van der Waals surface area contributed by atoms with E-state index < -0.39 is 0 Å². The maximum Gasteiger partial charge on any atom is 0.246 e. The third-order valence-electron chi connectivity index (χ3n) is 2.25. The number of rotatable bonds is 3. The van der Waals surface area contributed by atoms with Crippen molar-refractivity contribution in [2.24, 2.45) is 0 Å². The van der Waals surface area contributed by atoms with Crippen LogP contribution in [0.5, 0.6) is 0 Å². The maximum atomic E-state index is 5.28. The number of nitrogens with one attached hydrogen (secondary N) is 1. The SMILES string of the molecule is CCNC(C)(C)c1nc(C(C)(C)C)no1. The van der Waals surface area contributed by atoms with Crippen LogP contribution in [0, 0.1) is 0 Å². The molecule has 1 aromatic heterocycles. The molecule has 4 heteroatoms. The van der Waals surface area contributed by atoms with E-state index in [9.17, 15) is 0 Å². The van der Waals surface area contributed by atoms with Crippen LogP contribution >= 0.6 is 0 Å². The molecule has 1 N–H and O–H groups in total. The third-order valence-corrected chi connectivity index (χ3v) is 2.25. The van der Waals surface area contributed by atoms with E-state index in [1.807, 2.05) is 13.8 Å². The van der Waals surface area contributed by atoms with Crippen LogP contribution in [-0.4, -0.2) is 16.7 Å². The minimum absolute atomic E-state index is 0.0654. The average molecular weight is 211 g/mol. The zero-order valence-corrected chi connectivity index (χ0v) is 10.5. The first-order valence-corrected chi connectivity index (χ1v) is 5.37. The molecule has 0 saturated heterocycles. The minimum atomic E-state index is -0.259. The van der Waals surface area contributed by atoms with Gasteiger partial charge in [0.25, 0.3) is 0 Å². The number of hydrogen-bond acceptors (Lipinski definition) is 4. The average Bonchev–Trinajstić information content (AvgIpc) is 2.50. The van der Waals surface area contributed by atoms with Gasteiger partial charge in [-0.1, -0.05) is 32.9 Å². The highest BCUT2D eigenvalue weighted by Crippen LogP contribution is 2.23. The second-order valence-electron chi connectivity index (χ2n) is 5.33. The van der Waals surface area contributed by atoms with Crippen molar-refractivity contribution in [2.75, 3.05) is 6.54 Å². The van der Waals surface area contributed by atoms with E-state index >= 15 is 0 Å². The Balaban J connectivity index is 2.94. The molecule has 4 nitrogen and oxygen atoms in total. The van der Waals surface area contributed by atoms with Gasteiger partial charge in [-0.25, -0.2) is 0 Å². The highest BCUT2D eigenvalue weighted by Gasteiger charge is 2.29. The summed E-state index contributed by atoms with van der Waals surface area (Å²) in [6.07, 6.45) is 0. The van der Waals surface area contributed by atoms with E-state index in [2.05, 4.69) is 43.2 Å². The van der Waals surface area contributed by atoms with E-state index in [4.69, 9.17) is 4.52 Å². The summed E-state index contributed by atoms with van der Waals surface area (Å²) in [6.45, 7) is 13.2. The highest BCUT2D eigenvalue weighted by molar-refractivity contribution is 5.05. The molecule has 0 fully saturated rings. The van der Waals surface area contributed by atoms with Crippen molar-refractivity contribution in [3.63, 3.8) is 0 Å². The molecular weight excluding hydrogens is 190 g/mol. The van der Waals surface area contributed by atoms with E-state index in [1.165, 1.54) is 0 Å². The van der Waals surface area contributed by atoms with Gasteiger partial charge in [0.15, 0.2) is 5.82 Å². The molecular formula is C11H21N3O. The van der Waals surface area contributed by atoms with Crippen LogP contribution in [0.15, 0.2) is 4.52 Å². The molecule has 0 amide bonds. The summed E-state index contributed by atoms with van der Waals surface area (Å²) in [6, 6.07) is 0. The Kier molecular flexibility index (Phi) is 3.19. The summed E-state index contributed by atoms with van der Waals surface area (Å²) in [7, 11) is 0. The fraction of sp³-hybridized carbons (Fsp3) is 0.818. The lowest BCUT2D eigenvalue weighted by atomic mass is 9.96. The van der Waals surface area contributed by atoms with Crippen LogP contribution in [-0.2, 0) is 11.0 Å². The van der Waals surface area contributed by atoms with E-state index in [1.54, 1.807) is 0 Å². The van der Waals surface area contributed by atoms with Crippen LogP contribution in [0.25, 0.3) is 0 Å². The number of nitrogens with zero attached hydrogens (tertiary/aromatic N) is 2. The predicted molar refractivity (Wildman–Crippen MR) is 59.7 cm³/mol. The molecule has 15 heavy (non-hydrogen) atoms. The first-order chi connectivity index (χ1) is 6.77. The molecule has 1 rings (SSSR count). The van der Waals surface area contributed by atoms with Crippen LogP contribution in [0.4, 0.5) is 0 Å². The zero-order chi connectivity index (χ0) is 11.7. The molecule has 0 saturated carbocycles. The van der Waals surface area contributed by atoms with Crippen LogP contribution < -0.4 is 5.32 Å².